The van der Waals surface area contributed by atoms with E-state index in [1.54, 1.807) is 13.0 Å². The summed E-state index contributed by atoms with van der Waals surface area (Å²) in [5, 5.41) is 2.71. The lowest BCUT2D eigenvalue weighted by atomic mass is 10.2. The fourth-order valence-corrected chi connectivity index (χ4v) is 2.32. The molecule has 0 atom stereocenters. The maximum Gasteiger partial charge on any atom is 0.152 e. The Morgan fingerprint density at radius 1 is 1.25 bits per heavy atom. The van der Waals surface area contributed by atoms with Crippen LogP contribution in [0, 0.1) is 18.6 Å². The molecule has 1 aliphatic rings. The fourth-order valence-electron chi connectivity index (χ4n) is 1.92. The Kier molecular flexibility index (Phi) is 3.41. The van der Waals surface area contributed by atoms with Crippen LogP contribution in [0.3, 0.4) is 0 Å². The van der Waals surface area contributed by atoms with E-state index in [-0.39, 0.29) is 5.69 Å². The summed E-state index contributed by atoms with van der Waals surface area (Å²) in [5.74, 6) is 0.205. The molecule has 6 heteroatoms. The van der Waals surface area contributed by atoms with Gasteiger partial charge in [0.2, 0.25) is 0 Å². The van der Waals surface area contributed by atoms with Crippen molar-refractivity contribution in [2.24, 2.45) is 0 Å². The molecule has 1 aromatic heterocycles. The number of nitrogens with zero attached hydrogens (tertiary/aromatic N) is 2. The normalized spacial score (nSPS) is 14.4. The first-order valence-electron chi connectivity index (χ1n) is 6.30. The lowest BCUT2D eigenvalue weighted by Crippen LogP contribution is -2.03. The topological polar surface area (TPSA) is 37.8 Å². The molecule has 0 unspecified atom stereocenters. The molecule has 0 amide bonds. The molecule has 1 aromatic carbocycles. The third-order valence-electron chi connectivity index (χ3n) is 3.19. The SMILES string of the molecule is Cc1ccc(F)c(Nc2cc(Br)nc(C3CC3)n2)c1F. The van der Waals surface area contributed by atoms with E-state index in [1.165, 1.54) is 12.1 Å². The molecule has 20 heavy (non-hydrogen) atoms. The number of aromatic nitrogens is 2. The van der Waals surface area contributed by atoms with Crippen molar-refractivity contribution in [2.75, 3.05) is 5.32 Å². The number of benzene rings is 1. The van der Waals surface area contributed by atoms with Gasteiger partial charge in [-0.1, -0.05) is 6.07 Å². The summed E-state index contributed by atoms with van der Waals surface area (Å²) in [6.07, 6.45) is 2.12. The zero-order valence-electron chi connectivity index (χ0n) is 10.8. The largest absolute Gasteiger partial charge is 0.335 e. The summed E-state index contributed by atoms with van der Waals surface area (Å²) < 4.78 is 28.3. The number of hydrogen-bond donors (Lipinski definition) is 1. The molecule has 104 valence electrons. The van der Waals surface area contributed by atoms with Gasteiger partial charge in [-0.3, -0.25) is 0 Å². The smallest absolute Gasteiger partial charge is 0.152 e. The molecular weight excluding hydrogens is 328 g/mol. The van der Waals surface area contributed by atoms with Gasteiger partial charge in [0.15, 0.2) is 5.82 Å². The highest BCUT2D eigenvalue weighted by Gasteiger charge is 2.27. The maximum absolute atomic E-state index is 14.0. The van der Waals surface area contributed by atoms with Gasteiger partial charge in [-0.05, 0) is 47.3 Å². The average Bonchev–Trinajstić information content (AvgIpc) is 3.23. The second kappa shape index (κ2) is 5.09. The number of halogens is 3. The van der Waals surface area contributed by atoms with Gasteiger partial charge in [-0.25, -0.2) is 18.7 Å². The highest BCUT2D eigenvalue weighted by molar-refractivity contribution is 9.10. The summed E-state index contributed by atoms with van der Waals surface area (Å²) in [5.41, 5.74) is 0.196. The average molecular weight is 340 g/mol. The molecule has 0 bridgehead atoms. The zero-order chi connectivity index (χ0) is 14.3. The first-order chi connectivity index (χ1) is 9.54. The number of nitrogens with one attached hydrogen (secondary N) is 1. The highest BCUT2D eigenvalue weighted by Crippen LogP contribution is 2.39. The van der Waals surface area contributed by atoms with Crippen LogP contribution in [0.5, 0.6) is 0 Å². The van der Waals surface area contributed by atoms with Gasteiger partial charge >= 0.3 is 0 Å². The van der Waals surface area contributed by atoms with Crippen molar-refractivity contribution in [1.82, 2.24) is 9.97 Å². The van der Waals surface area contributed by atoms with E-state index >= 15 is 0 Å². The maximum atomic E-state index is 14.0. The minimum absolute atomic E-state index is 0.183. The van der Waals surface area contributed by atoms with Gasteiger partial charge in [0.25, 0.3) is 0 Å². The highest BCUT2D eigenvalue weighted by atomic mass is 79.9. The molecule has 3 rings (SSSR count). The van der Waals surface area contributed by atoms with Gasteiger partial charge in [0, 0.05) is 12.0 Å². The van der Waals surface area contributed by atoms with E-state index < -0.39 is 11.6 Å². The molecule has 2 aromatic rings. The van der Waals surface area contributed by atoms with Crippen molar-refractivity contribution >= 4 is 27.4 Å². The fraction of sp³-hybridized carbons (Fsp3) is 0.286. The molecule has 1 saturated carbocycles. The van der Waals surface area contributed by atoms with Crippen molar-refractivity contribution in [2.45, 2.75) is 25.7 Å². The molecule has 1 fully saturated rings. The third-order valence-corrected chi connectivity index (χ3v) is 3.60. The molecule has 0 spiro atoms. The van der Waals surface area contributed by atoms with Gasteiger partial charge in [0.05, 0.1) is 0 Å². The Hall–Kier alpha value is -1.56. The Bertz CT molecular complexity index is 672. The van der Waals surface area contributed by atoms with Crippen LogP contribution in [0.4, 0.5) is 20.3 Å². The molecule has 3 nitrogen and oxygen atoms in total. The van der Waals surface area contributed by atoms with Crippen LogP contribution >= 0.6 is 15.9 Å². The van der Waals surface area contributed by atoms with Gasteiger partial charge in [0.1, 0.15) is 27.8 Å². The van der Waals surface area contributed by atoms with Gasteiger partial charge in [-0.2, -0.15) is 0 Å². The standard InChI is InChI=1S/C14H12BrF2N3/c1-7-2-5-9(16)13(12(7)17)19-11-6-10(15)18-14(20-11)8-3-4-8/h2,5-6,8H,3-4H2,1H3,(H,18,19,20). The van der Waals surface area contributed by atoms with Crippen molar-refractivity contribution in [3.05, 3.63) is 45.8 Å². The second-order valence-corrected chi connectivity index (χ2v) is 5.70. The summed E-state index contributed by atoms with van der Waals surface area (Å²) in [4.78, 5) is 8.60. The predicted molar refractivity (Wildman–Crippen MR) is 76.1 cm³/mol. The molecule has 1 heterocycles. The first-order valence-corrected chi connectivity index (χ1v) is 7.10. The van der Waals surface area contributed by atoms with E-state index in [2.05, 4.69) is 31.2 Å². The van der Waals surface area contributed by atoms with E-state index in [1.807, 2.05) is 0 Å². The van der Waals surface area contributed by atoms with Crippen LogP contribution < -0.4 is 5.32 Å². The Balaban J connectivity index is 1.97. The van der Waals surface area contributed by atoms with E-state index in [0.717, 1.165) is 12.8 Å². The lowest BCUT2D eigenvalue weighted by Gasteiger charge is -2.11. The van der Waals surface area contributed by atoms with E-state index in [0.29, 0.717) is 27.7 Å². The van der Waals surface area contributed by atoms with Crippen molar-refractivity contribution in [1.29, 1.82) is 0 Å². The molecule has 1 N–H and O–H groups in total. The number of anilines is 2. The minimum atomic E-state index is -0.643. The molecule has 1 aliphatic carbocycles. The number of rotatable bonds is 3. The van der Waals surface area contributed by atoms with E-state index in [4.69, 9.17) is 0 Å². The van der Waals surface area contributed by atoms with Crippen molar-refractivity contribution in [3.63, 3.8) is 0 Å². The lowest BCUT2D eigenvalue weighted by molar-refractivity contribution is 0.584. The van der Waals surface area contributed by atoms with Crippen molar-refractivity contribution < 1.29 is 8.78 Å². The molecular formula is C14H12BrF2N3. The summed E-state index contributed by atoms with van der Waals surface area (Å²) in [6.45, 7) is 1.59. The monoisotopic (exact) mass is 339 g/mol. The minimum Gasteiger partial charge on any atom is -0.335 e. The number of aryl methyl sites for hydroxylation is 1. The predicted octanol–water partition coefficient (Wildman–Crippen LogP) is 4.45. The Morgan fingerprint density at radius 3 is 2.70 bits per heavy atom. The summed E-state index contributed by atoms with van der Waals surface area (Å²) in [6, 6.07) is 4.24. The molecule has 0 saturated heterocycles. The van der Waals surface area contributed by atoms with Crippen LogP contribution in [0.1, 0.15) is 30.1 Å². The quantitative estimate of drug-likeness (QED) is 0.839. The third kappa shape index (κ3) is 2.65. The van der Waals surface area contributed by atoms with Crippen LogP contribution in [-0.4, -0.2) is 9.97 Å². The number of hydrogen-bond acceptors (Lipinski definition) is 3. The van der Waals surface area contributed by atoms with Crippen LogP contribution in [0.15, 0.2) is 22.8 Å². The van der Waals surface area contributed by atoms with Gasteiger partial charge < -0.3 is 5.32 Å². The van der Waals surface area contributed by atoms with E-state index in [9.17, 15) is 8.78 Å². The van der Waals surface area contributed by atoms with Crippen LogP contribution in [-0.2, 0) is 0 Å². The van der Waals surface area contributed by atoms with Crippen molar-refractivity contribution in [3.8, 4) is 0 Å². The zero-order valence-corrected chi connectivity index (χ0v) is 12.3. The first kappa shape index (κ1) is 13.4. The summed E-state index contributed by atoms with van der Waals surface area (Å²) >= 11 is 3.30. The molecule has 0 radical (unpaired) electrons. The Labute approximate surface area is 123 Å². The summed E-state index contributed by atoms with van der Waals surface area (Å²) in [7, 11) is 0. The van der Waals surface area contributed by atoms with Crippen LogP contribution in [0.25, 0.3) is 0 Å². The molecule has 0 aliphatic heterocycles. The van der Waals surface area contributed by atoms with Gasteiger partial charge in [-0.15, -0.1) is 0 Å². The Morgan fingerprint density at radius 2 is 2.00 bits per heavy atom. The second-order valence-electron chi connectivity index (χ2n) is 4.89. The van der Waals surface area contributed by atoms with Crippen LogP contribution in [0.2, 0.25) is 0 Å².